The Morgan fingerprint density at radius 2 is 1.71 bits per heavy atom. The van der Waals surface area contributed by atoms with E-state index in [1.807, 2.05) is 5.43 Å². The Morgan fingerprint density at radius 1 is 1.21 bits per heavy atom. The number of hydrogen-bond acceptors (Lipinski definition) is 4. The molecule has 0 aliphatic rings. The summed E-state index contributed by atoms with van der Waals surface area (Å²) in [5.74, 6) is 3.27. The van der Waals surface area contributed by atoms with Crippen molar-refractivity contribution in [3.8, 4) is 0 Å². The Balaban J connectivity index is 2.89. The maximum absolute atomic E-state index is 11.4. The normalized spacial score (nSPS) is 9.29. The Kier molecular flexibility index (Phi) is 3.14. The molecule has 5 nitrogen and oxygen atoms in total. The molecule has 1 rings (SSSR count). The van der Waals surface area contributed by atoms with E-state index in [0.717, 1.165) is 0 Å². The molecule has 0 unspecified atom stereocenters. The molecule has 0 atom stereocenters. The molecule has 0 fully saturated rings. The molecule has 0 saturated heterocycles. The van der Waals surface area contributed by atoms with E-state index in [1.54, 1.807) is 0 Å². The number of carbonyl (C=O) groups excluding carboxylic acids is 2. The average Bonchev–Trinajstić information content (AvgIpc) is 2.27. The van der Waals surface area contributed by atoms with Gasteiger partial charge in [-0.15, -0.1) is 0 Å². The molecule has 1 aromatic rings. The highest BCUT2D eigenvalue weighted by Crippen LogP contribution is 2.05. The van der Waals surface area contributed by atoms with Crippen LogP contribution in [0.25, 0.3) is 0 Å². The van der Waals surface area contributed by atoms with E-state index in [1.165, 1.54) is 24.3 Å². The van der Waals surface area contributed by atoms with Crippen LogP contribution >= 0.6 is 0 Å². The van der Waals surface area contributed by atoms with E-state index in [4.69, 9.17) is 5.84 Å². The first kappa shape index (κ1) is 10.1. The molecule has 0 aliphatic heterocycles. The van der Waals surface area contributed by atoms with Gasteiger partial charge in [0.1, 0.15) is 0 Å². The second kappa shape index (κ2) is 4.33. The van der Waals surface area contributed by atoms with Crippen molar-refractivity contribution in [2.45, 2.75) is 0 Å². The van der Waals surface area contributed by atoms with Crippen LogP contribution in [-0.4, -0.2) is 11.9 Å². The zero-order valence-corrected chi connectivity index (χ0v) is 6.99. The SMILES string of the molecule is NNC(=O)c1ccc(C(=O)OF)cc1. The van der Waals surface area contributed by atoms with Crippen LogP contribution in [0.1, 0.15) is 20.7 Å². The molecular weight excluding hydrogens is 191 g/mol. The lowest BCUT2D eigenvalue weighted by Crippen LogP contribution is -2.29. The first-order valence-electron chi connectivity index (χ1n) is 3.63. The van der Waals surface area contributed by atoms with E-state index in [0.29, 0.717) is 0 Å². The Hall–Kier alpha value is -1.95. The van der Waals surface area contributed by atoms with Crippen molar-refractivity contribution < 1.29 is 19.1 Å². The van der Waals surface area contributed by atoms with Gasteiger partial charge in [-0.3, -0.25) is 10.2 Å². The molecule has 0 heterocycles. The number of nitrogens with two attached hydrogens (primary N) is 1. The van der Waals surface area contributed by atoms with Gasteiger partial charge in [-0.25, -0.2) is 15.6 Å². The highest BCUT2D eigenvalue weighted by Gasteiger charge is 2.09. The van der Waals surface area contributed by atoms with Gasteiger partial charge in [0.2, 0.25) is 0 Å². The van der Waals surface area contributed by atoms with Crippen molar-refractivity contribution in [3.63, 3.8) is 0 Å². The summed E-state index contributed by atoms with van der Waals surface area (Å²) in [6, 6.07) is 5.17. The largest absolute Gasteiger partial charge is 0.379 e. The zero-order valence-electron chi connectivity index (χ0n) is 6.99. The number of nitrogens with one attached hydrogen (secondary N) is 1. The van der Waals surface area contributed by atoms with E-state index < -0.39 is 11.9 Å². The number of halogens is 1. The van der Waals surface area contributed by atoms with Crippen molar-refractivity contribution in [1.29, 1.82) is 0 Å². The number of nitrogen functional groups attached to an aromatic ring is 1. The monoisotopic (exact) mass is 198 g/mol. The number of hydrazine groups is 1. The minimum Gasteiger partial charge on any atom is -0.290 e. The third-order valence-corrected chi connectivity index (χ3v) is 1.58. The molecule has 6 heteroatoms. The second-order valence-corrected chi connectivity index (χ2v) is 2.42. The molecule has 3 N–H and O–H groups in total. The lowest BCUT2D eigenvalue weighted by Gasteiger charge is -1.99. The zero-order chi connectivity index (χ0) is 10.6. The fraction of sp³-hybridized carbons (Fsp3) is 0. The molecule has 1 amide bonds. The molecule has 0 aliphatic carbocycles. The third-order valence-electron chi connectivity index (χ3n) is 1.58. The summed E-state index contributed by atoms with van der Waals surface area (Å²) < 4.78 is 11.4. The topological polar surface area (TPSA) is 81.4 Å². The summed E-state index contributed by atoms with van der Waals surface area (Å²) in [6.45, 7) is 0. The average molecular weight is 198 g/mol. The maximum Gasteiger partial charge on any atom is 0.379 e. The van der Waals surface area contributed by atoms with Gasteiger partial charge in [0, 0.05) is 10.1 Å². The number of rotatable bonds is 2. The van der Waals surface area contributed by atoms with Gasteiger partial charge in [-0.1, -0.05) is 0 Å². The molecule has 0 bridgehead atoms. The molecular formula is C8H7FN2O3. The van der Waals surface area contributed by atoms with Crippen LogP contribution in [0.4, 0.5) is 4.53 Å². The van der Waals surface area contributed by atoms with Crippen LogP contribution in [0.2, 0.25) is 0 Å². The minimum absolute atomic E-state index is 0.0149. The highest BCUT2D eigenvalue weighted by molar-refractivity contribution is 5.95. The fourth-order valence-corrected chi connectivity index (χ4v) is 0.886. The number of hydrogen-bond donors (Lipinski definition) is 2. The fourth-order valence-electron chi connectivity index (χ4n) is 0.886. The van der Waals surface area contributed by atoms with E-state index in [9.17, 15) is 14.1 Å². The van der Waals surface area contributed by atoms with Gasteiger partial charge < -0.3 is 0 Å². The quantitative estimate of drug-likeness (QED) is 0.407. The van der Waals surface area contributed by atoms with E-state index >= 15 is 0 Å². The highest BCUT2D eigenvalue weighted by atomic mass is 19.3. The van der Waals surface area contributed by atoms with Gasteiger partial charge in [0.05, 0.1) is 5.56 Å². The molecule has 14 heavy (non-hydrogen) atoms. The molecule has 0 saturated carbocycles. The molecule has 0 aromatic heterocycles. The number of amides is 1. The van der Waals surface area contributed by atoms with Crippen molar-refractivity contribution in [2.24, 2.45) is 5.84 Å². The predicted molar refractivity (Wildman–Crippen MR) is 44.6 cm³/mol. The predicted octanol–water partition coefficient (Wildman–Crippen LogP) is 0.331. The van der Waals surface area contributed by atoms with Crippen LogP contribution < -0.4 is 11.3 Å². The Morgan fingerprint density at radius 3 is 2.14 bits per heavy atom. The Bertz CT molecular complexity index is 315. The molecule has 0 spiro atoms. The first-order chi connectivity index (χ1) is 6.69. The van der Waals surface area contributed by atoms with Crippen molar-refractivity contribution in [1.82, 2.24) is 5.43 Å². The molecule has 0 radical (unpaired) electrons. The third kappa shape index (κ3) is 2.05. The van der Waals surface area contributed by atoms with Crippen LogP contribution in [0.3, 0.4) is 0 Å². The summed E-state index contributed by atoms with van der Waals surface area (Å²) in [4.78, 5) is 24.6. The van der Waals surface area contributed by atoms with Gasteiger partial charge in [0.15, 0.2) is 0 Å². The summed E-state index contributed by atoms with van der Waals surface area (Å²) in [5.41, 5.74) is 2.20. The number of benzene rings is 1. The van der Waals surface area contributed by atoms with Gasteiger partial charge in [0.25, 0.3) is 5.91 Å². The van der Waals surface area contributed by atoms with Crippen LogP contribution in [0, 0.1) is 0 Å². The lowest BCUT2D eigenvalue weighted by molar-refractivity contribution is -0.0788. The van der Waals surface area contributed by atoms with Crippen molar-refractivity contribution in [3.05, 3.63) is 35.4 Å². The summed E-state index contributed by atoms with van der Waals surface area (Å²) in [7, 11) is 0. The summed E-state index contributed by atoms with van der Waals surface area (Å²) in [6.07, 6.45) is 0. The first-order valence-corrected chi connectivity index (χ1v) is 3.63. The smallest absolute Gasteiger partial charge is 0.290 e. The van der Waals surface area contributed by atoms with Crippen LogP contribution in [-0.2, 0) is 4.94 Å². The minimum atomic E-state index is -1.11. The van der Waals surface area contributed by atoms with Gasteiger partial charge >= 0.3 is 5.97 Å². The summed E-state index contributed by atoms with van der Waals surface area (Å²) in [5, 5.41) is 0. The van der Waals surface area contributed by atoms with Gasteiger partial charge in [-0.2, -0.15) is 0 Å². The second-order valence-electron chi connectivity index (χ2n) is 2.42. The molecule has 1 aromatic carbocycles. The lowest BCUT2D eigenvalue weighted by atomic mass is 10.1. The molecule has 74 valence electrons. The summed E-state index contributed by atoms with van der Waals surface area (Å²) >= 11 is 0. The van der Waals surface area contributed by atoms with Crippen LogP contribution in [0.15, 0.2) is 24.3 Å². The van der Waals surface area contributed by atoms with Crippen LogP contribution in [0.5, 0.6) is 0 Å². The van der Waals surface area contributed by atoms with E-state index in [2.05, 4.69) is 4.94 Å². The maximum atomic E-state index is 11.4. The van der Waals surface area contributed by atoms with Crippen molar-refractivity contribution in [2.75, 3.05) is 0 Å². The van der Waals surface area contributed by atoms with Crippen molar-refractivity contribution >= 4 is 11.9 Å². The standard InChI is InChI=1S/C8H7FN2O3/c9-14-8(13)6-3-1-5(2-4-6)7(12)11-10/h1-4H,10H2,(H,11,12). The number of carbonyl (C=O) groups is 2. The Labute approximate surface area is 78.5 Å². The van der Waals surface area contributed by atoms with E-state index in [-0.39, 0.29) is 11.1 Å². The van der Waals surface area contributed by atoms with Gasteiger partial charge in [-0.05, 0) is 24.3 Å².